The second kappa shape index (κ2) is 10.7. The number of carbonyl (C=O) groups is 2. The van der Waals surface area contributed by atoms with Crippen molar-refractivity contribution in [3.63, 3.8) is 0 Å². The first-order valence-electron chi connectivity index (χ1n) is 10.4. The molecule has 0 spiro atoms. The summed E-state index contributed by atoms with van der Waals surface area (Å²) in [4.78, 5) is 28.5. The smallest absolute Gasteiger partial charge is 0.265 e. The van der Waals surface area contributed by atoms with Gasteiger partial charge >= 0.3 is 0 Å². The topological polar surface area (TPSA) is 80.3 Å². The Hall–Kier alpha value is -3.52. The van der Waals surface area contributed by atoms with E-state index in [0.717, 1.165) is 12.1 Å². The third-order valence-electron chi connectivity index (χ3n) is 4.85. The van der Waals surface area contributed by atoms with Crippen LogP contribution in [0.2, 0.25) is 0 Å². The molecule has 0 bridgehead atoms. The van der Waals surface area contributed by atoms with Crippen molar-refractivity contribution >= 4 is 29.3 Å². The average molecular weight is 440 g/mol. The average Bonchev–Trinajstić information content (AvgIpc) is 2.77. The third-order valence-corrected chi connectivity index (χ3v) is 4.85. The predicted octanol–water partition coefficient (Wildman–Crippen LogP) is 3.03. The van der Waals surface area contributed by atoms with Gasteiger partial charge in [-0.1, -0.05) is 6.07 Å². The molecule has 0 saturated carbocycles. The lowest BCUT2D eigenvalue weighted by molar-refractivity contribution is -0.121. The van der Waals surface area contributed by atoms with Crippen LogP contribution in [0.15, 0.2) is 42.5 Å². The number of amides is 2. The number of benzene rings is 2. The molecule has 0 atom stereocenters. The number of anilines is 2. The van der Waals surface area contributed by atoms with E-state index in [0.29, 0.717) is 41.8 Å². The lowest BCUT2D eigenvalue weighted by atomic mass is 10.1. The summed E-state index contributed by atoms with van der Waals surface area (Å²) < 4.78 is 16.4. The second-order valence-corrected chi connectivity index (χ2v) is 7.49. The van der Waals surface area contributed by atoms with Crippen LogP contribution in [0.4, 0.5) is 11.4 Å². The van der Waals surface area contributed by atoms with E-state index in [2.05, 4.69) is 5.32 Å². The van der Waals surface area contributed by atoms with Crippen molar-refractivity contribution in [2.45, 2.75) is 6.92 Å². The Labute approximate surface area is 188 Å². The number of hydrogen-bond donors (Lipinski definition) is 1. The van der Waals surface area contributed by atoms with Gasteiger partial charge in [0.1, 0.15) is 5.75 Å². The van der Waals surface area contributed by atoms with Crippen LogP contribution in [0.5, 0.6) is 17.2 Å². The zero-order valence-electron chi connectivity index (χ0n) is 18.9. The number of nitrogens with zero attached hydrogens (tertiary/aromatic N) is 2. The van der Waals surface area contributed by atoms with E-state index < -0.39 is 0 Å². The highest BCUT2D eigenvalue weighted by Gasteiger charge is 2.25. The van der Waals surface area contributed by atoms with Crippen LogP contribution in [0.3, 0.4) is 0 Å². The van der Waals surface area contributed by atoms with Crippen LogP contribution in [-0.4, -0.2) is 64.2 Å². The normalized spacial score (nSPS) is 13.2. The second-order valence-electron chi connectivity index (χ2n) is 7.49. The van der Waals surface area contributed by atoms with Gasteiger partial charge in [0.05, 0.1) is 19.4 Å². The van der Waals surface area contributed by atoms with Gasteiger partial charge in [0, 0.05) is 24.9 Å². The first-order valence-corrected chi connectivity index (χ1v) is 10.4. The number of hydrogen-bond acceptors (Lipinski definition) is 6. The Balaban J connectivity index is 1.71. The summed E-state index contributed by atoms with van der Waals surface area (Å²) in [6.45, 7) is 3.72. The largest absolute Gasteiger partial charge is 0.493 e. The maximum atomic E-state index is 12.5. The molecule has 1 aliphatic heterocycles. The lowest BCUT2D eigenvalue weighted by Gasteiger charge is -2.30. The summed E-state index contributed by atoms with van der Waals surface area (Å²) >= 11 is 0. The van der Waals surface area contributed by atoms with Crippen molar-refractivity contribution in [3.05, 3.63) is 48.0 Å². The monoisotopic (exact) mass is 439 g/mol. The summed E-state index contributed by atoms with van der Waals surface area (Å²) in [5.41, 5.74) is 2.04. The molecule has 0 saturated heterocycles. The Bertz CT molecular complexity index is 1000. The van der Waals surface area contributed by atoms with Crippen LogP contribution < -0.4 is 24.4 Å². The van der Waals surface area contributed by atoms with E-state index in [9.17, 15) is 9.59 Å². The van der Waals surface area contributed by atoms with Crippen LogP contribution >= 0.6 is 0 Å². The van der Waals surface area contributed by atoms with Crippen molar-refractivity contribution in [2.75, 3.05) is 57.7 Å². The number of methoxy groups -OCH3 is 1. The summed E-state index contributed by atoms with van der Waals surface area (Å²) in [5, 5.41) is 2.84. The fourth-order valence-electron chi connectivity index (χ4n) is 3.24. The fraction of sp³-hybridized carbons (Fsp3) is 0.333. The quantitative estimate of drug-likeness (QED) is 0.605. The van der Waals surface area contributed by atoms with Gasteiger partial charge in [-0.2, -0.15) is 0 Å². The first kappa shape index (κ1) is 23.1. The molecular weight excluding hydrogens is 410 g/mol. The number of nitrogens with one attached hydrogen (secondary N) is 1. The number of carbonyl (C=O) groups excluding carboxylic acids is 2. The molecule has 0 unspecified atom stereocenters. The minimum Gasteiger partial charge on any atom is -0.493 e. The number of ether oxygens (including phenoxy) is 3. The first-order chi connectivity index (χ1) is 15.4. The summed E-state index contributed by atoms with van der Waals surface area (Å²) in [6.07, 6.45) is 3.14. The molecule has 1 aliphatic rings. The maximum absolute atomic E-state index is 12.5. The highest BCUT2D eigenvalue weighted by atomic mass is 16.5. The molecule has 0 aromatic heterocycles. The molecule has 8 heteroatoms. The van der Waals surface area contributed by atoms with Gasteiger partial charge in [-0.25, -0.2) is 0 Å². The summed E-state index contributed by atoms with van der Waals surface area (Å²) in [5.74, 6) is 1.49. The molecule has 1 N–H and O–H groups in total. The Kier molecular flexibility index (Phi) is 7.72. The van der Waals surface area contributed by atoms with Crippen molar-refractivity contribution in [1.29, 1.82) is 0 Å². The maximum Gasteiger partial charge on any atom is 0.265 e. The van der Waals surface area contributed by atoms with Crippen molar-refractivity contribution in [1.82, 2.24) is 4.90 Å². The van der Waals surface area contributed by atoms with Gasteiger partial charge in [-0.3, -0.25) is 9.59 Å². The van der Waals surface area contributed by atoms with Crippen LogP contribution in [0, 0.1) is 0 Å². The predicted molar refractivity (Wildman–Crippen MR) is 125 cm³/mol. The highest BCUT2D eigenvalue weighted by Crippen LogP contribution is 2.34. The molecule has 2 amide bonds. The van der Waals surface area contributed by atoms with Crippen LogP contribution in [0.1, 0.15) is 12.5 Å². The molecule has 3 rings (SSSR count). The third kappa shape index (κ3) is 5.79. The number of rotatable bonds is 9. The zero-order valence-corrected chi connectivity index (χ0v) is 18.9. The van der Waals surface area contributed by atoms with Crippen molar-refractivity contribution < 1.29 is 23.8 Å². The van der Waals surface area contributed by atoms with Gasteiger partial charge in [-0.05, 0) is 63.0 Å². The summed E-state index contributed by atoms with van der Waals surface area (Å²) in [7, 11) is 5.48. The van der Waals surface area contributed by atoms with E-state index in [1.807, 2.05) is 38.1 Å². The van der Waals surface area contributed by atoms with E-state index >= 15 is 0 Å². The van der Waals surface area contributed by atoms with E-state index in [-0.39, 0.29) is 18.4 Å². The highest BCUT2D eigenvalue weighted by molar-refractivity contribution is 6.03. The molecule has 32 heavy (non-hydrogen) atoms. The molecule has 1 heterocycles. The van der Waals surface area contributed by atoms with E-state index in [1.54, 1.807) is 42.4 Å². The number of fused-ring (bicyclic) bond motifs is 1. The molecule has 8 nitrogen and oxygen atoms in total. The Morgan fingerprint density at radius 2 is 2.03 bits per heavy atom. The molecule has 0 fully saturated rings. The van der Waals surface area contributed by atoms with Crippen molar-refractivity contribution in [2.24, 2.45) is 0 Å². The molecule has 2 aromatic carbocycles. The van der Waals surface area contributed by atoms with Gasteiger partial charge in [-0.15, -0.1) is 0 Å². The minimum absolute atomic E-state index is 0.0143. The molecule has 0 aliphatic carbocycles. The van der Waals surface area contributed by atoms with Gasteiger partial charge < -0.3 is 29.3 Å². The minimum atomic E-state index is -0.291. The van der Waals surface area contributed by atoms with E-state index in [4.69, 9.17) is 14.2 Å². The van der Waals surface area contributed by atoms with Gasteiger partial charge in [0.2, 0.25) is 5.91 Å². The van der Waals surface area contributed by atoms with E-state index in [1.165, 1.54) is 6.08 Å². The lowest BCUT2D eigenvalue weighted by Crippen LogP contribution is -2.42. The number of likely N-dealkylation sites (N-methyl/N-ethyl adjacent to an activating group) is 1. The SMILES string of the molecule is CCOc1ccc(C=CC(=O)Nc2ccc3c(c2)N(CCN(C)C)C(=O)CO3)cc1OC. The molecule has 170 valence electrons. The fourth-order valence-corrected chi connectivity index (χ4v) is 3.24. The Morgan fingerprint density at radius 1 is 1.22 bits per heavy atom. The summed E-state index contributed by atoms with van der Waals surface area (Å²) in [6, 6.07) is 10.7. The molecular formula is C24H29N3O5. The van der Waals surface area contributed by atoms with Crippen molar-refractivity contribution in [3.8, 4) is 17.2 Å². The molecule has 0 radical (unpaired) electrons. The van der Waals surface area contributed by atoms with Gasteiger partial charge in [0.25, 0.3) is 5.91 Å². The van der Waals surface area contributed by atoms with Crippen LogP contribution in [-0.2, 0) is 9.59 Å². The van der Waals surface area contributed by atoms with Crippen LogP contribution in [0.25, 0.3) is 6.08 Å². The zero-order chi connectivity index (χ0) is 23.1. The Morgan fingerprint density at radius 3 is 2.75 bits per heavy atom. The standard InChI is InChI=1S/C24H29N3O5/c1-5-31-21-9-6-17(14-22(21)30-4)7-11-23(28)25-18-8-10-20-19(15-18)27(13-12-26(2)3)24(29)16-32-20/h6-11,14-15H,5,12-13,16H2,1-4H3,(H,25,28). The van der Waals surface area contributed by atoms with Gasteiger partial charge in [0.15, 0.2) is 18.1 Å². The molecule has 2 aromatic rings.